The molecule has 1 atom stereocenters. The summed E-state index contributed by atoms with van der Waals surface area (Å²) in [7, 11) is -3.18. The van der Waals surface area contributed by atoms with Crippen molar-refractivity contribution >= 4 is 15.7 Å². The third kappa shape index (κ3) is 3.01. The SMILES string of the molecule is CC1(C2CCN(S(C)(=O)=O)CC2)CNc2cc(C(F)(F)F)ccc21. The molecule has 1 N–H and O–H groups in total. The molecule has 0 saturated carbocycles. The predicted octanol–water partition coefficient (Wildman–Crippen LogP) is 3.06. The molecule has 4 nitrogen and oxygen atoms in total. The van der Waals surface area contributed by atoms with Crippen molar-refractivity contribution in [2.75, 3.05) is 31.2 Å². The third-order valence-corrected chi connectivity index (χ3v) is 6.74. The van der Waals surface area contributed by atoms with Gasteiger partial charge in [-0.2, -0.15) is 13.2 Å². The van der Waals surface area contributed by atoms with E-state index < -0.39 is 21.8 Å². The maximum absolute atomic E-state index is 12.9. The van der Waals surface area contributed by atoms with E-state index in [1.54, 1.807) is 6.07 Å². The average Bonchev–Trinajstić information content (AvgIpc) is 2.84. The number of nitrogens with zero attached hydrogens (tertiary/aromatic N) is 1. The number of sulfonamides is 1. The molecule has 0 spiro atoms. The molecule has 1 aromatic rings. The first-order chi connectivity index (χ1) is 11.0. The second-order valence-electron chi connectivity index (χ2n) is 6.97. The molecule has 1 fully saturated rings. The van der Waals surface area contributed by atoms with Crippen LogP contribution in [-0.4, -0.2) is 38.6 Å². The van der Waals surface area contributed by atoms with Crippen molar-refractivity contribution in [2.24, 2.45) is 5.92 Å². The van der Waals surface area contributed by atoms with Crippen LogP contribution in [0.4, 0.5) is 18.9 Å². The molecule has 0 aliphatic carbocycles. The van der Waals surface area contributed by atoms with Crippen molar-refractivity contribution in [2.45, 2.75) is 31.4 Å². The Hall–Kier alpha value is -1.28. The first-order valence-corrected chi connectivity index (χ1v) is 9.77. The fourth-order valence-electron chi connectivity index (χ4n) is 3.93. The number of rotatable bonds is 2. The second kappa shape index (κ2) is 5.62. The summed E-state index contributed by atoms with van der Waals surface area (Å²) >= 11 is 0. The van der Waals surface area contributed by atoms with E-state index in [2.05, 4.69) is 12.2 Å². The lowest BCUT2D eigenvalue weighted by Gasteiger charge is -2.40. The second-order valence-corrected chi connectivity index (χ2v) is 8.95. The van der Waals surface area contributed by atoms with Gasteiger partial charge in [-0.3, -0.25) is 0 Å². The maximum Gasteiger partial charge on any atom is 0.416 e. The van der Waals surface area contributed by atoms with Gasteiger partial charge in [0.05, 0.1) is 11.8 Å². The van der Waals surface area contributed by atoms with Gasteiger partial charge in [0.15, 0.2) is 0 Å². The zero-order chi connectivity index (χ0) is 17.8. The van der Waals surface area contributed by atoms with Crippen molar-refractivity contribution in [1.29, 1.82) is 0 Å². The van der Waals surface area contributed by atoms with Gasteiger partial charge in [0.1, 0.15) is 0 Å². The Balaban J connectivity index is 1.82. The molecule has 1 aromatic carbocycles. The Morgan fingerprint density at radius 1 is 1.25 bits per heavy atom. The van der Waals surface area contributed by atoms with Crippen LogP contribution in [0.25, 0.3) is 0 Å². The van der Waals surface area contributed by atoms with E-state index >= 15 is 0 Å². The molecule has 2 aliphatic rings. The maximum atomic E-state index is 12.9. The zero-order valence-electron chi connectivity index (χ0n) is 13.7. The molecule has 0 radical (unpaired) electrons. The minimum atomic E-state index is -4.35. The number of nitrogens with one attached hydrogen (secondary N) is 1. The molecule has 1 saturated heterocycles. The minimum absolute atomic E-state index is 0.237. The van der Waals surface area contributed by atoms with Gasteiger partial charge in [0.2, 0.25) is 10.0 Å². The largest absolute Gasteiger partial charge is 0.416 e. The molecule has 8 heteroatoms. The molecule has 0 aromatic heterocycles. The van der Waals surface area contributed by atoms with Gasteiger partial charge in [-0.25, -0.2) is 12.7 Å². The number of hydrogen-bond acceptors (Lipinski definition) is 3. The summed E-state index contributed by atoms with van der Waals surface area (Å²) in [5.41, 5.74) is 0.513. The monoisotopic (exact) mass is 362 g/mol. The first-order valence-electron chi connectivity index (χ1n) is 7.92. The van der Waals surface area contributed by atoms with Crippen LogP contribution in [0.3, 0.4) is 0 Å². The molecular formula is C16H21F3N2O2S. The molecule has 0 bridgehead atoms. The Labute approximate surface area is 140 Å². The molecule has 0 amide bonds. The summed E-state index contributed by atoms with van der Waals surface area (Å²) < 4.78 is 63.3. The van der Waals surface area contributed by atoms with Crippen LogP contribution in [0.1, 0.15) is 30.9 Å². The van der Waals surface area contributed by atoms with Gasteiger partial charge in [-0.05, 0) is 36.5 Å². The van der Waals surface area contributed by atoms with Crippen molar-refractivity contribution in [1.82, 2.24) is 4.31 Å². The Kier molecular flexibility index (Phi) is 4.11. The standard InChI is InChI=1S/C16H21F3N2O2S/c1-15(11-5-7-21(8-6-11)24(2,22)23)10-20-14-9-12(16(17,18)19)3-4-13(14)15/h3-4,9,11,20H,5-8,10H2,1-2H3. The van der Waals surface area contributed by atoms with Crippen molar-refractivity contribution in [3.63, 3.8) is 0 Å². The van der Waals surface area contributed by atoms with E-state index in [1.165, 1.54) is 16.6 Å². The average molecular weight is 362 g/mol. The van der Waals surface area contributed by atoms with Crippen LogP contribution in [0.2, 0.25) is 0 Å². The molecule has 2 aliphatic heterocycles. The molecule has 134 valence electrons. The van der Waals surface area contributed by atoms with Gasteiger partial charge < -0.3 is 5.32 Å². The zero-order valence-corrected chi connectivity index (χ0v) is 14.5. The molecule has 1 unspecified atom stereocenters. The van der Waals surface area contributed by atoms with E-state index in [4.69, 9.17) is 0 Å². The Morgan fingerprint density at radius 2 is 1.88 bits per heavy atom. The lowest BCUT2D eigenvalue weighted by molar-refractivity contribution is -0.137. The summed E-state index contributed by atoms with van der Waals surface area (Å²) in [6.45, 7) is 3.57. The number of halogens is 3. The molecule has 3 rings (SSSR count). The minimum Gasteiger partial charge on any atom is -0.384 e. The Morgan fingerprint density at radius 3 is 2.42 bits per heavy atom. The van der Waals surface area contributed by atoms with E-state index in [0.717, 1.165) is 11.6 Å². The summed E-state index contributed by atoms with van der Waals surface area (Å²) in [6, 6.07) is 3.88. The lowest BCUT2D eigenvalue weighted by atomic mass is 9.69. The summed E-state index contributed by atoms with van der Waals surface area (Å²) in [5.74, 6) is 0.237. The quantitative estimate of drug-likeness (QED) is 0.880. The van der Waals surface area contributed by atoms with E-state index in [0.29, 0.717) is 38.2 Å². The van der Waals surface area contributed by atoms with Crippen molar-refractivity contribution < 1.29 is 21.6 Å². The van der Waals surface area contributed by atoms with E-state index in [-0.39, 0.29) is 11.3 Å². The highest BCUT2D eigenvalue weighted by molar-refractivity contribution is 7.88. The van der Waals surface area contributed by atoms with Crippen LogP contribution in [-0.2, 0) is 21.6 Å². The Bertz CT molecular complexity index is 740. The van der Waals surface area contributed by atoms with Gasteiger partial charge in [0, 0.05) is 30.7 Å². The summed E-state index contributed by atoms with van der Waals surface area (Å²) in [5, 5.41) is 3.11. The van der Waals surface area contributed by atoms with Gasteiger partial charge >= 0.3 is 6.18 Å². The first kappa shape index (κ1) is 17.5. The number of anilines is 1. The number of alkyl halides is 3. The fourth-order valence-corrected chi connectivity index (χ4v) is 4.80. The summed E-state index contributed by atoms with van der Waals surface area (Å²) in [4.78, 5) is 0. The highest BCUT2D eigenvalue weighted by atomic mass is 32.2. The molecule has 2 heterocycles. The normalized spacial score (nSPS) is 26.2. The van der Waals surface area contributed by atoms with Gasteiger partial charge in [-0.15, -0.1) is 0 Å². The fraction of sp³-hybridized carbons (Fsp3) is 0.625. The van der Waals surface area contributed by atoms with Crippen LogP contribution < -0.4 is 5.32 Å². The summed E-state index contributed by atoms with van der Waals surface area (Å²) in [6.07, 6.45) is -1.71. The van der Waals surface area contributed by atoms with E-state index in [1.807, 2.05) is 0 Å². The van der Waals surface area contributed by atoms with Crippen molar-refractivity contribution in [3.05, 3.63) is 29.3 Å². The highest BCUT2D eigenvalue weighted by Crippen LogP contribution is 2.47. The van der Waals surface area contributed by atoms with Crippen LogP contribution in [0, 0.1) is 5.92 Å². The lowest BCUT2D eigenvalue weighted by Crippen LogP contribution is -2.44. The van der Waals surface area contributed by atoms with Crippen LogP contribution in [0.15, 0.2) is 18.2 Å². The smallest absolute Gasteiger partial charge is 0.384 e. The topological polar surface area (TPSA) is 49.4 Å². The van der Waals surface area contributed by atoms with Crippen LogP contribution in [0.5, 0.6) is 0 Å². The molecular weight excluding hydrogens is 341 g/mol. The number of benzene rings is 1. The van der Waals surface area contributed by atoms with E-state index in [9.17, 15) is 21.6 Å². The van der Waals surface area contributed by atoms with Gasteiger partial charge in [-0.1, -0.05) is 13.0 Å². The highest BCUT2D eigenvalue weighted by Gasteiger charge is 2.44. The van der Waals surface area contributed by atoms with Crippen LogP contribution >= 0.6 is 0 Å². The van der Waals surface area contributed by atoms with Gasteiger partial charge in [0.25, 0.3) is 0 Å². The third-order valence-electron chi connectivity index (χ3n) is 5.43. The predicted molar refractivity (Wildman–Crippen MR) is 86.4 cm³/mol. The molecule has 24 heavy (non-hydrogen) atoms. The number of hydrogen-bond donors (Lipinski definition) is 1. The number of fused-ring (bicyclic) bond motifs is 1. The number of piperidine rings is 1. The van der Waals surface area contributed by atoms with Crippen molar-refractivity contribution in [3.8, 4) is 0 Å².